The second-order valence-corrected chi connectivity index (χ2v) is 5.74. The number of aryl methyl sites for hydroxylation is 2. The average Bonchev–Trinajstić information content (AvgIpc) is 2.64. The molecule has 0 saturated carbocycles. The third-order valence-corrected chi connectivity index (χ3v) is 3.92. The summed E-state index contributed by atoms with van der Waals surface area (Å²) in [4.78, 5) is 12.0. The van der Waals surface area contributed by atoms with Crippen LogP contribution in [0.3, 0.4) is 0 Å². The topological polar surface area (TPSA) is 46.9 Å². The van der Waals surface area contributed by atoms with Crippen LogP contribution in [0.5, 0.6) is 0 Å². The van der Waals surface area contributed by atoms with Gasteiger partial charge in [-0.25, -0.2) is 0 Å². The fourth-order valence-corrected chi connectivity index (χ4v) is 2.44. The van der Waals surface area contributed by atoms with Crippen molar-refractivity contribution in [1.82, 2.24) is 9.78 Å². The van der Waals surface area contributed by atoms with Gasteiger partial charge in [0.2, 0.25) is 5.91 Å². The fraction of sp³-hybridized carbons (Fsp3) is 0.333. The van der Waals surface area contributed by atoms with Crippen molar-refractivity contribution in [3.63, 3.8) is 0 Å². The largest absolute Gasteiger partial charge is 0.326 e. The molecule has 0 saturated heterocycles. The van der Waals surface area contributed by atoms with Crippen LogP contribution in [0.1, 0.15) is 23.4 Å². The molecule has 0 aliphatic carbocycles. The maximum absolute atomic E-state index is 12.0. The first-order chi connectivity index (χ1) is 9.47. The van der Waals surface area contributed by atoms with E-state index in [0.717, 1.165) is 21.5 Å². The number of nitrogens with zero attached hydrogens (tertiary/aromatic N) is 2. The van der Waals surface area contributed by atoms with Gasteiger partial charge in [-0.2, -0.15) is 5.10 Å². The highest BCUT2D eigenvalue weighted by atomic mass is 79.9. The highest BCUT2D eigenvalue weighted by molar-refractivity contribution is 9.10. The molecule has 20 heavy (non-hydrogen) atoms. The first kappa shape index (κ1) is 14.8. The molecule has 1 aromatic heterocycles. The van der Waals surface area contributed by atoms with Crippen molar-refractivity contribution in [2.24, 2.45) is 7.05 Å². The Balaban J connectivity index is 1.94. The van der Waals surface area contributed by atoms with Crippen LogP contribution < -0.4 is 5.32 Å². The minimum Gasteiger partial charge on any atom is -0.326 e. The van der Waals surface area contributed by atoms with Gasteiger partial charge in [0.15, 0.2) is 0 Å². The number of amides is 1. The molecule has 106 valence electrons. The molecule has 1 heterocycles. The minimum absolute atomic E-state index is 0.0231. The maximum atomic E-state index is 12.0. The van der Waals surface area contributed by atoms with Crippen molar-refractivity contribution in [2.45, 2.75) is 26.7 Å². The maximum Gasteiger partial charge on any atom is 0.224 e. The van der Waals surface area contributed by atoms with E-state index in [9.17, 15) is 4.79 Å². The van der Waals surface area contributed by atoms with Crippen LogP contribution >= 0.6 is 15.9 Å². The summed E-state index contributed by atoms with van der Waals surface area (Å²) in [6.45, 7) is 4.01. The number of carbonyl (C=O) groups is 1. The quantitative estimate of drug-likeness (QED) is 0.931. The monoisotopic (exact) mass is 335 g/mol. The van der Waals surface area contributed by atoms with E-state index in [0.29, 0.717) is 12.8 Å². The van der Waals surface area contributed by atoms with Crippen molar-refractivity contribution in [2.75, 3.05) is 5.32 Å². The molecule has 1 aromatic carbocycles. The highest BCUT2D eigenvalue weighted by Gasteiger charge is 2.11. The Kier molecular flexibility index (Phi) is 4.60. The molecule has 0 atom stereocenters. The number of hydrogen-bond donors (Lipinski definition) is 1. The molecule has 0 radical (unpaired) electrons. The minimum atomic E-state index is 0.0231. The summed E-state index contributed by atoms with van der Waals surface area (Å²) in [5, 5.41) is 7.26. The lowest BCUT2D eigenvalue weighted by Gasteiger charge is -2.06. The lowest BCUT2D eigenvalue weighted by Crippen LogP contribution is -2.12. The van der Waals surface area contributed by atoms with Crippen LogP contribution in [0.2, 0.25) is 0 Å². The second-order valence-electron chi connectivity index (χ2n) is 4.83. The van der Waals surface area contributed by atoms with Gasteiger partial charge >= 0.3 is 0 Å². The predicted octanol–water partition coefficient (Wildman–Crippen LogP) is 3.37. The molecule has 0 fully saturated rings. The lowest BCUT2D eigenvalue weighted by molar-refractivity contribution is -0.116. The Morgan fingerprint density at radius 3 is 2.50 bits per heavy atom. The molecular weight excluding hydrogens is 318 g/mol. The summed E-state index contributed by atoms with van der Waals surface area (Å²) in [6, 6.07) is 7.57. The zero-order valence-corrected chi connectivity index (χ0v) is 13.5. The lowest BCUT2D eigenvalue weighted by atomic mass is 10.1. The molecule has 2 rings (SSSR count). The van der Waals surface area contributed by atoms with Crippen LogP contribution in [0.4, 0.5) is 5.69 Å². The molecular formula is C15H18BrN3O. The molecule has 0 aliphatic rings. The molecule has 1 amide bonds. The van der Waals surface area contributed by atoms with E-state index in [-0.39, 0.29) is 5.91 Å². The van der Waals surface area contributed by atoms with Gasteiger partial charge in [-0.1, -0.05) is 15.9 Å². The summed E-state index contributed by atoms with van der Waals surface area (Å²) < 4.78 is 2.86. The second kappa shape index (κ2) is 6.22. The smallest absolute Gasteiger partial charge is 0.224 e. The molecule has 1 N–H and O–H groups in total. The summed E-state index contributed by atoms with van der Waals surface area (Å²) in [5.74, 6) is 0.0231. The van der Waals surface area contributed by atoms with E-state index in [1.165, 1.54) is 5.56 Å². The van der Waals surface area contributed by atoms with E-state index in [2.05, 4.69) is 26.3 Å². The summed E-state index contributed by atoms with van der Waals surface area (Å²) in [5.41, 5.74) is 4.11. The van der Waals surface area contributed by atoms with Gasteiger partial charge in [-0.3, -0.25) is 9.48 Å². The zero-order chi connectivity index (χ0) is 14.7. The van der Waals surface area contributed by atoms with E-state index >= 15 is 0 Å². The van der Waals surface area contributed by atoms with Crippen molar-refractivity contribution in [3.05, 3.63) is 45.7 Å². The SMILES string of the molecule is Cc1nn(C)c(C)c1CCC(=O)Nc1ccc(Br)cc1. The average molecular weight is 336 g/mol. The molecule has 5 heteroatoms. The van der Waals surface area contributed by atoms with Crippen molar-refractivity contribution in [1.29, 1.82) is 0 Å². The van der Waals surface area contributed by atoms with E-state index in [1.54, 1.807) is 0 Å². The third-order valence-electron chi connectivity index (χ3n) is 3.39. The van der Waals surface area contributed by atoms with E-state index < -0.39 is 0 Å². The van der Waals surface area contributed by atoms with Gasteiger partial charge in [0.1, 0.15) is 0 Å². The van der Waals surface area contributed by atoms with Gasteiger partial charge < -0.3 is 5.32 Å². The normalized spacial score (nSPS) is 10.6. The number of nitrogens with one attached hydrogen (secondary N) is 1. The van der Waals surface area contributed by atoms with Crippen molar-refractivity contribution in [3.8, 4) is 0 Å². The Morgan fingerprint density at radius 2 is 1.95 bits per heavy atom. The number of carbonyl (C=O) groups excluding carboxylic acids is 1. The Morgan fingerprint density at radius 1 is 1.30 bits per heavy atom. The first-order valence-corrected chi connectivity index (χ1v) is 7.31. The van der Waals surface area contributed by atoms with E-state index in [4.69, 9.17) is 0 Å². The molecule has 0 aliphatic heterocycles. The Hall–Kier alpha value is -1.62. The molecule has 4 nitrogen and oxygen atoms in total. The number of rotatable bonds is 4. The number of halogens is 1. The van der Waals surface area contributed by atoms with E-state index in [1.807, 2.05) is 49.8 Å². The van der Waals surface area contributed by atoms with Gasteiger partial charge in [0.25, 0.3) is 0 Å². The summed E-state index contributed by atoms with van der Waals surface area (Å²) in [7, 11) is 1.92. The molecule has 2 aromatic rings. The first-order valence-electron chi connectivity index (χ1n) is 6.52. The van der Waals surface area contributed by atoms with Crippen molar-refractivity contribution < 1.29 is 4.79 Å². The molecule has 0 unspecified atom stereocenters. The number of aromatic nitrogens is 2. The van der Waals surface area contributed by atoms with Crippen LogP contribution in [0, 0.1) is 13.8 Å². The summed E-state index contributed by atoms with van der Waals surface area (Å²) >= 11 is 3.37. The standard InChI is InChI=1S/C15H18BrN3O/c1-10-14(11(2)19(3)18-10)8-9-15(20)17-13-6-4-12(16)5-7-13/h4-7H,8-9H2,1-3H3,(H,17,20). The third kappa shape index (κ3) is 3.48. The van der Waals surface area contributed by atoms with Crippen LogP contribution in [0.25, 0.3) is 0 Å². The Labute approximate surface area is 127 Å². The Bertz CT molecular complexity index is 617. The fourth-order valence-electron chi connectivity index (χ4n) is 2.17. The van der Waals surface area contributed by atoms with Crippen molar-refractivity contribution >= 4 is 27.5 Å². The van der Waals surface area contributed by atoms with Gasteiger partial charge in [0.05, 0.1) is 5.69 Å². The summed E-state index contributed by atoms with van der Waals surface area (Å²) in [6.07, 6.45) is 1.18. The number of benzene rings is 1. The predicted molar refractivity (Wildman–Crippen MR) is 83.8 cm³/mol. The van der Waals surface area contributed by atoms with Gasteiger partial charge in [0, 0.05) is 29.3 Å². The zero-order valence-electron chi connectivity index (χ0n) is 11.9. The molecule has 0 spiro atoms. The van der Waals surface area contributed by atoms with Crippen LogP contribution in [0.15, 0.2) is 28.7 Å². The van der Waals surface area contributed by atoms with Crippen LogP contribution in [-0.4, -0.2) is 15.7 Å². The molecule has 0 bridgehead atoms. The number of anilines is 1. The van der Waals surface area contributed by atoms with Gasteiger partial charge in [-0.05, 0) is 50.1 Å². The van der Waals surface area contributed by atoms with Gasteiger partial charge in [-0.15, -0.1) is 0 Å². The number of hydrogen-bond acceptors (Lipinski definition) is 2. The van der Waals surface area contributed by atoms with Crippen LogP contribution in [-0.2, 0) is 18.3 Å². The highest BCUT2D eigenvalue weighted by Crippen LogP contribution is 2.16.